The van der Waals surface area contributed by atoms with Crippen LogP contribution in [0.2, 0.25) is 0 Å². The largest absolute Gasteiger partial charge is 0.461 e. The second-order valence-corrected chi connectivity index (χ2v) is 2.97. The monoisotopic (exact) mass is 185 g/mol. The fourth-order valence-electron chi connectivity index (χ4n) is 0.980. The Bertz CT molecular complexity index is 166. The van der Waals surface area contributed by atoms with Gasteiger partial charge in [-0.3, -0.25) is 0 Å². The van der Waals surface area contributed by atoms with Gasteiger partial charge in [0.15, 0.2) is 0 Å². The molecular formula is C10H19NO2. The van der Waals surface area contributed by atoms with E-state index in [0.29, 0.717) is 6.61 Å². The lowest BCUT2D eigenvalue weighted by molar-refractivity contribution is -0.138. The third kappa shape index (κ3) is 7.53. The molecule has 0 aromatic heterocycles. The van der Waals surface area contributed by atoms with E-state index in [1.807, 2.05) is 7.05 Å². The minimum absolute atomic E-state index is 0.257. The molecule has 0 aliphatic rings. The quantitative estimate of drug-likeness (QED) is 0.463. The van der Waals surface area contributed by atoms with Crippen molar-refractivity contribution in [3.05, 3.63) is 12.2 Å². The van der Waals surface area contributed by atoms with Crippen LogP contribution in [0, 0.1) is 0 Å². The molecule has 0 spiro atoms. The predicted octanol–water partition coefficient (Wildman–Crippen LogP) is 1.45. The molecule has 0 amide bonds. The Morgan fingerprint density at radius 2 is 2.15 bits per heavy atom. The van der Waals surface area contributed by atoms with Crippen LogP contribution in [0.1, 0.15) is 20.3 Å². The molecule has 0 aliphatic carbocycles. The standard InChI is InChI=1S/C10H19NO2/c1-4-6-10(12)13-9-8-11(3)7-5-2/h4,6H,5,7-9H2,1-3H3/b6-4+. The van der Waals surface area contributed by atoms with E-state index < -0.39 is 0 Å². The second kappa shape index (κ2) is 7.80. The van der Waals surface area contributed by atoms with Crippen LogP contribution in [0.25, 0.3) is 0 Å². The fraction of sp³-hybridized carbons (Fsp3) is 0.700. The first-order chi connectivity index (χ1) is 6.20. The summed E-state index contributed by atoms with van der Waals surface area (Å²) < 4.78 is 4.93. The average molecular weight is 185 g/mol. The molecule has 0 N–H and O–H groups in total. The number of esters is 1. The van der Waals surface area contributed by atoms with E-state index in [-0.39, 0.29) is 5.97 Å². The molecule has 0 atom stereocenters. The highest BCUT2D eigenvalue weighted by molar-refractivity contribution is 5.81. The Kier molecular flexibility index (Phi) is 7.30. The van der Waals surface area contributed by atoms with Crippen molar-refractivity contribution < 1.29 is 9.53 Å². The molecule has 13 heavy (non-hydrogen) atoms. The molecule has 76 valence electrons. The number of hydrogen-bond acceptors (Lipinski definition) is 3. The lowest BCUT2D eigenvalue weighted by Crippen LogP contribution is -2.24. The van der Waals surface area contributed by atoms with E-state index in [1.54, 1.807) is 13.0 Å². The second-order valence-electron chi connectivity index (χ2n) is 2.97. The van der Waals surface area contributed by atoms with Crippen LogP contribution in [-0.4, -0.2) is 37.6 Å². The van der Waals surface area contributed by atoms with Crippen molar-refractivity contribution in [2.75, 3.05) is 26.7 Å². The SMILES string of the molecule is C/C=C/C(=O)OCCN(C)CCC. The predicted molar refractivity (Wildman–Crippen MR) is 53.6 cm³/mol. The maximum absolute atomic E-state index is 10.9. The Balaban J connectivity index is 3.39. The van der Waals surface area contributed by atoms with E-state index in [2.05, 4.69) is 11.8 Å². The zero-order valence-electron chi connectivity index (χ0n) is 8.75. The summed E-state index contributed by atoms with van der Waals surface area (Å²) in [6, 6.07) is 0. The van der Waals surface area contributed by atoms with E-state index >= 15 is 0 Å². The molecule has 0 aromatic rings. The summed E-state index contributed by atoms with van der Waals surface area (Å²) in [5, 5.41) is 0. The number of carbonyl (C=O) groups excluding carboxylic acids is 1. The van der Waals surface area contributed by atoms with Crippen molar-refractivity contribution >= 4 is 5.97 Å². The van der Waals surface area contributed by atoms with Gasteiger partial charge in [-0.25, -0.2) is 4.79 Å². The minimum atomic E-state index is -0.257. The van der Waals surface area contributed by atoms with Gasteiger partial charge in [-0.1, -0.05) is 13.0 Å². The van der Waals surface area contributed by atoms with Crippen LogP contribution in [0.3, 0.4) is 0 Å². The summed E-state index contributed by atoms with van der Waals surface area (Å²) in [5.74, 6) is -0.257. The van der Waals surface area contributed by atoms with Gasteiger partial charge in [0.1, 0.15) is 6.61 Å². The summed E-state index contributed by atoms with van der Waals surface area (Å²) in [6.45, 7) is 6.24. The van der Waals surface area contributed by atoms with E-state index in [4.69, 9.17) is 4.74 Å². The highest BCUT2D eigenvalue weighted by Gasteiger charge is 1.98. The molecule has 0 radical (unpaired) electrons. The molecule has 0 heterocycles. The van der Waals surface area contributed by atoms with Gasteiger partial charge >= 0.3 is 5.97 Å². The lowest BCUT2D eigenvalue weighted by Gasteiger charge is -2.14. The van der Waals surface area contributed by atoms with Gasteiger partial charge in [-0.2, -0.15) is 0 Å². The number of carbonyl (C=O) groups is 1. The number of likely N-dealkylation sites (N-methyl/N-ethyl adjacent to an activating group) is 1. The van der Waals surface area contributed by atoms with Crippen molar-refractivity contribution in [2.45, 2.75) is 20.3 Å². The summed E-state index contributed by atoms with van der Waals surface area (Å²) in [6.07, 6.45) is 4.23. The Labute approximate surface area is 80.4 Å². The molecule has 0 aromatic carbocycles. The number of hydrogen-bond donors (Lipinski definition) is 0. The fourth-order valence-corrected chi connectivity index (χ4v) is 0.980. The number of rotatable bonds is 6. The Morgan fingerprint density at radius 3 is 2.69 bits per heavy atom. The number of nitrogens with zero attached hydrogens (tertiary/aromatic N) is 1. The van der Waals surface area contributed by atoms with Gasteiger partial charge in [0.25, 0.3) is 0 Å². The van der Waals surface area contributed by atoms with Crippen LogP contribution in [0.5, 0.6) is 0 Å². The zero-order chi connectivity index (χ0) is 10.1. The van der Waals surface area contributed by atoms with Crippen molar-refractivity contribution in [1.82, 2.24) is 4.90 Å². The van der Waals surface area contributed by atoms with Crippen LogP contribution < -0.4 is 0 Å². The van der Waals surface area contributed by atoms with Gasteiger partial charge in [-0.15, -0.1) is 0 Å². The molecular weight excluding hydrogens is 166 g/mol. The summed E-state index contributed by atoms with van der Waals surface area (Å²) in [7, 11) is 2.02. The van der Waals surface area contributed by atoms with Crippen LogP contribution in [0.4, 0.5) is 0 Å². The molecule has 0 saturated heterocycles. The highest BCUT2D eigenvalue weighted by Crippen LogP contribution is 1.87. The summed E-state index contributed by atoms with van der Waals surface area (Å²) in [5.41, 5.74) is 0. The molecule has 0 unspecified atom stereocenters. The average Bonchev–Trinajstić information content (AvgIpc) is 2.05. The first kappa shape index (κ1) is 12.2. The maximum Gasteiger partial charge on any atom is 0.330 e. The van der Waals surface area contributed by atoms with Gasteiger partial charge in [0.2, 0.25) is 0 Å². The minimum Gasteiger partial charge on any atom is -0.461 e. The third-order valence-corrected chi connectivity index (χ3v) is 1.63. The molecule has 0 rings (SSSR count). The molecule has 0 bridgehead atoms. The Morgan fingerprint density at radius 1 is 1.46 bits per heavy atom. The van der Waals surface area contributed by atoms with Gasteiger partial charge in [-0.05, 0) is 26.9 Å². The van der Waals surface area contributed by atoms with Crippen molar-refractivity contribution in [1.29, 1.82) is 0 Å². The van der Waals surface area contributed by atoms with E-state index in [9.17, 15) is 4.79 Å². The van der Waals surface area contributed by atoms with Crippen molar-refractivity contribution in [2.24, 2.45) is 0 Å². The number of ether oxygens (including phenoxy) is 1. The third-order valence-electron chi connectivity index (χ3n) is 1.63. The smallest absolute Gasteiger partial charge is 0.330 e. The molecule has 0 aliphatic heterocycles. The molecule has 3 heteroatoms. The molecule has 0 fully saturated rings. The summed E-state index contributed by atoms with van der Waals surface area (Å²) in [4.78, 5) is 13.0. The van der Waals surface area contributed by atoms with Crippen molar-refractivity contribution in [3.8, 4) is 0 Å². The summed E-state index contributed by atoms with van der Waals surface area (Å²) >= 11 is 0. The van der Waals surface area contributed by atoms with Crippen molar-refractivity contribution in [3.63, 3.8) is 0 Å². The molecule has 3 nitrogen and oxygen atoms in total. The van der Waals surface area contributed by atoms with Gasteiger partial charge in [0, 0.05) is 12.6 Å². The van der Waals surface area contributed by atoms with Crippen LogP contribution >= 0.6 is 0 Å². The molecule has 0 saturated carbocycles. The first-order valence-electron chi connectivity index (χ1n) is 4.68. The van der Waals surface area contributed by atoms with Crippen LogP contribution in [-0.2, 0) is 9.53 Å². The van der Waals surface area contributed by atoms with Gasteiger partial charge < -0.3 is 9.64 Å². The topological polar surface area (TPSA) is 29.5 Å². The van der Waals surface area contributed by atoms with E-state index in [0.717, 1.165) is 19.5 Å². The van der Waals surface area contributed by atoms with E-state index in [1.165, 1.54) is 6.08 Å². The first-order valence-corrected chi connectivity index (χ1v) is 4.68. The lowest BCUT2D eigenvalue weighted by atomic mass is 10.4. The Hall–Kier alpha value is -0.830. The van der Waals surface area contributed by atoms with Crippen LogP contribution in [0.15, 0.2) is 12.2 Å². The zero-order valence-corrected chi connectivity index (χ0v) is 8.75. The normalized spacial score (nSPS) is 11.1. The maximum atomic E-state index is 10.9. The highest BCUT2D eigenvalue weighted by atomic mass is 16.5. The number of allylic oxidation sites excluding steroid dienone is 1. The van der Waals surface area contributed by atoms with Gasteiger partial charge in [0.05, 0.1) is 0 Å².